The third kappa shape index (κ3) is 10.7. The van der Waals surface area contributed by atoms with Crippen LogP contribution in [0.5, 0.6) is 5.75 Å². The predicted octanol–water partition coefficient (Wildman–Crippen LogP) is 5.72. The number of benzene rings is 1. The van der Waals surface area contributed by atoms with Crippen molar-refractivity contribution in [2.75, 3.05) is 19.8 Å². The minimum absolute atomic E-state index is 0.0649. The van der Waals surface area contributed by atoms with Gasteiger partial charge in [-0.05, 0) is 94.1 Å². The van der Waals surface area contributed by atoms with Crippen LogP contribution >= 0.6 is 0 Å². The van der Waals surface area contributed by atoms with E-state index in [1.807, 2.05) is 43.3 Å². The summed E-state index contributed by atoms with van der Waals surface area (Å²) in [6.07, 6.45) is 13.7. The van der Waals surface area contributed by atoms with E-state index in [4.69, 9.17) is 28.8 Å². The molecule has 2 saturated heterocycles. The zero-order chi connectivity index (χ0) is 28.9. The lowest BCUT2D eigenvalue weighted by atomic mass is 9.89. The van der Waals surface area contributed by atoms with Gasteiger partial charge in [0.1, 0.15) is 18.5 Å². The fourth-order valence-electron chi connectivity index (χ4n) is 5.70. The van der Waals surface area contributed by atoms with Crippen LogP contribution in [0.2, 0.25) is 0 Å². The van der Waals surface area contributed by atoms with E-state index in [-0.39, 0.29) is 43.0 Å². The van der Waals surface area contributed by atoms with Crippen molar-refractivity contribution < 1.29 is 38.7 Å². The van der Waals surface area contributed by atoms with Gasteiger partial charge in [-0.1, -0.05) is 24.3 Å². The van der Waals surface area contributed by atoms with Gasteiger partial charge in [0.2, 0.25) is 0 Å². The smallest absolute Gasteiger partial charge is 0.303 e. The van der Waals surface area contributed by atoms with E-state index in [1.54, 1.807) is 6.08 Å². The third-order valence-corrected chi connectivity index (χ3v) is 7.90. The number of allylic oxidation sites excluding steroid dienone is 1. The summed E-state index contributed by atoms with van der Waals surface area (Å²) in [5, 5.41) is 19.9. The van der Waals surface area contributed by atoms with Crippen LogP contribution in [0.1, 0.15) is 69.8 Å². The summed E-state index contributed by atoms with van der Waals surface area (Å²) in [5.41, 5.74) is 4.22. The fourth-order valence-corrected chi connectivity index (χ4v) is 5.70. The number of hydrogen-bond donors (Lipinski definition) is 2. The maximum atomic E-state index is 11.1. The van der Waals surface area contributed by atoms with E-state index in [9.17, 15) is 9.90 Å². The summed E-state index contributed by atoms with van der Waals surface area (Å²) < 4.78 is 30.6. The first-order valence-electron chi connectivity index (χ1n) is 15.2. The summed E-state index contributed by atoms with van der Waals surface area (Å²) >= 11 is 0. The van der Waals surface area contributed by atoms with Gasteiger partial charge >= 0.3 is 5.97 Å². The van der Waals surface area contributed by atoms with Gasteiger partial charge in [0.05, 0.1) is 12.2 Å². The largest absolute Gasteiger partial charge is 0.491 e. The van der Waals surface area contributed by atoms with Crippen molar-refractivity contribution >= 4 is 5.97 Å². The van der Waals surface area contributed by atoms with Crippen molar-refractivity contribution in [2.24, 2.45) is 11.8 Å². The molecule has 8 heteroatoms. The molecule has 2 N–H and O–H groups in total. The Morgan fingerprint density at radius 1 is 1.12 bits per heavy atom. The molecule has 2 heterocycles. The minimum Gasteiger partial charge on any atom is -0.491 e. The molecule has 226 valence electrons. The number of carboxylic acid groups (broad SMARTS) is 1. The molecule has 0 spiro atoms. The van der Waals surface area contributed by atoms with E-state index in [0.717, 1.165) is 49.8 Å². The maximum Gasteiger partial charge on any atom is 0.303 e. The van der Waals surface area contributed by atoms with Crippen LogP contribution in [-0.4, -0.2) is 66.9 Å². The van der Waals surface area contributed by atoms with E-state index in [0.29, 0.717) is 39.1 Å². The SMILES string of the molecule is Cc1cccc(OCC(/C=C/[C@H]2C(OC3CCCCO3)CC(O)[C@@H]2CC=C=CCCC(=O)O)OC2CCCCO2)c1. The summed E-state index contributed by atoms with van der Waals surface area (Å²) in [4.78, 5) is 10.8. The highest BCUT2D eigenvalue weighted by molar-refractivity contribution is 5.66. The molecule has 8 nitrogen and oxygen atoms in total. The van der Waals surface area contributed by atoms with Gasteiger partial charge in [0.15, 0.2) is 12.6 Å². The number of carbonyl (C=O) groups is 1. The van der Waals surface area contributed by atoms with Gasteiger partial charge < -0.3 is 33.9 Å². The van der Waals surface area contributed by atoms with Gasteiger partial charge in [-0.2, -0.15) is 0 Å². The van der Waals surface area contributed by atoms with Crippen molar-refractivity contribution in [1.82, 2.24) is 0 Å². The molecule has 41 heavy (non-hydrogen) atoms. The molecule has 0 amide bonds. The third-order valence-electron chi connectivity index (χ3n) is 7.90. The molecule has 1 saturated carbocycles. The summed E-state index contributed by atoms with van der Waals surface area (Å²) in [6.45, 7) is 3.76. The van der Waals surface area contributed by atoms with Crippen LogP contribution in [0.25, 0.3) is 0 Å². The van der Waals surface area contributed by atoms with Gasteiger partial charge in [-0.15, -0.1) is 5.73 Å². The average molecular weight is 571 g/mol. The highest BCUT2D eigenvalue weighted by Crippen LogP contribution is 2.39. The number of aliphatic carboxylic acids is 1. The lowest BCUT2D eigenvalue weighted by Crippen LogP contribution is -2.32. The van der Waals surface area contributed by atoms with Crippen LogP contribution in [0.4, 0.5) is 0 Å². The van der Waals surface area contributed by atoms with Crippen LogP contribution in [-0.2, 0) is 23.7 Å². The number of aliphatic hydroxyl groups excluding tert-OH is 1. The molecule has 5 unspecified atom stereocenters. The summed E-state index contributed by atoms with van der Waals surface area (Å²) in [6, 6.07) is 7.96. The molecule has 4 rings (SSSR count). The van der Waals surface area contributed by atoms with Gasteiger partial charge in [-0.25, -0.2) is 0 Å². The first-order chi connectivity index (χ1) is 20.0. The number of rotatable bonds is 14. The second kappa shape index (κ2) is 16.9. The van der Waals surface area contributed by atoms with Crippen LogP contribution in [0.3, 0.4) is 0 Å². The average Bonchev–Trinajstić information content (AvgIpc) is 3.26. The standard InChI is InChI=1S/C33H46O8/c1-24-11-10-12-25(21-24)39-23-26(40-32-15-6-8-19-37-32)17-18-28-27(13-4-2-3-5-14-31(35)36)29(34)22-30(28)41-33-16-7-9-20-38-33/h3-4,10-12,17-18,21,26-30,32-34H,5-9,13-16,19-20,22-23H2,1H3,(H,35,36)/b18-17+/t2?,26?,27-,28-,29?,30?,32?,33?/m1/s1. The predicted molar refractivity (Wildman–Crippen MR) is 154 cm³/mol. The molecule has 7 atom stereocenters. The van der Waals surface area contributed by atoms with Crippen molar-refractivity contribution in [2.45, 2.75) is 102 Å². The molecule has 1 aromatic rings. The summed E-state index contributed by atoms with van der Waals surface area (Å²) in [7, 11) is 0. The number of ether oxygens (including phenoxy) is 5. The number of carboxylic acids is 1. The minimum atomic E-state index is -0.828. The Kier molecular flexibility index (Phi) is 12.9. The molecule has 0 bridgehead atoms. The van der Waals surface area contributed by atoms with E-state index >= 15 is 0 Å². The zero-order valence-corrected chi connectivity index (χ0v) is 24.2. The quantitative estimate of drug-likeness (QED) is 0.216. The second-order valence-corrected chi connectivity index (χ2v) is 11.2. The Hall–Kier alpha value is -2.45. The van der Waals surface area contributed by atoms with Crippen molar-refractivity contribution in [3.63, 3.8) is 0 Å². The highest BCUT2D eigenvalue weighted by atomic mass is 16.7. The van der Waals surface area contributed by atoms with Gasteiger partial charge in [0, 0.05) is 32.0 Å². The molecular formula is C33H46O8. The lowest BCUT2D eigenvalue weighted by Gasteiger charge is -2.29. The van der Waals surface area contributed by atoms with E-state index < -0.39 is 12.1 Å². The molecule has 0 aromatic heterocycles. The normalized spacial score (nSPS) is 29.1. The number of hydrogen-bond acceptors (Lipinski definition) is 7. The Morgan fingerprint density at radius 2 is 1.90 bits per heavy atom. The maximum absolute atomic E-state index is 11.1. The molecule has 3 fully saturated rings. The Labute approximate surface area is 244 Å². The fraction of sp³-hybridized carbons (Fsp3) is 0.636. The van der Waals surface area contributed by atoms with Crippen LogP contribution < -0.4 is 4.74 Å². The van der Waals surface area contributed by atoms with E-state index in [2.05, 4.69) is 11.8 Å². The second-order valence-electron chi connectivity index (χ2n) is 11.2. The van der Waals surface area contributed by atoms with Crippen LogP contribution in [0, 0.1) is 18.8 Å². The molecule has 3 aliphatic rings. The van der Waals surface area contributed by atoms with Crippen molar-refractivity contribution in [1.29, 1.82) is 0 Å². The Balaban J connectivity index is 1.48. The van der Waals surface area contributed by atoms with E-state index in [1.165, 1.54) is 0 Å². The first-order valence-corrected chi connectivity index (χ1v) is 15.2. The summed E-state index contributed by atoms with van der Waals surface area (Å²) in [5.74, 6) is -0.179. The van der Waals surface area contributed by atoms with Gasteiger partial charge in [-0.3, -0.25) is 4.79 Å². The molecular weight excluding hydrogens is 524 g/mol. The molecule has 0 radical (unpaired) electrons. The van der Waals surface area contributed by atoms with Crippen LogP contribution in [0.15, 0.2) is 54.3 Å². The Bertz CT molecular complexity index is 1020. The molecule has 1 aliphatic carbocycles. The van der Waals surface area contributed by atoms with Gasteiger partial charge in [0.25, 0.3) is 0 Å². The molecule has 2 aliphatic heterocycles. The van der Waals surface area contributed by atoms with Crippen molar-refractivity contribution in [3.8, 4) is 5.75 Å². The highest BCUT2D eigenvalue weighted by Gasteiger charge is 2.42. The number of aryl methyl sites for hydroxylation is 1. The monoisotopic (exact) mass is 570 g/mol. The number of aliphatic hydroxyl groups is 1. The first kappa shape index (κ1) is 31.5. The molecule has 1 aromatic carbocycles. The lowest BCUT2D eigenvalue weighted by molar-refractivity contribution is -0.193. The van der Waals surface area contributed by atoms with Crippen molar-refractivity contribution in [3.05, 3.63) is 59.9 Å². The Morgan fingerprint density at radius 3 is 2.61 bits per heavy atom. The topological polar surface area (TPSA) is 104 Å². The zero-order valence-electron chi connectivity index (χ0n) is 24.2.